The maximum Gasteiger partial charge on any atom is 0.270 e. The normalized spacial score (nSPS) is 21.1. The van der Waals surface area contributed by atoms with Crippen molar-refractivity contribution in [2.75, 3.05) is 23.0 Å². The molecule has 1 N–H and O–H groups in total. The zero-order chi connectivity index (χ0) is 17.4. The van der Waals surface area contributed by atoms with Crippen LogP contribution < -0.4 is 10.2 Å². The number of rotatable bonds is 3. The largest absolute Gasteiger partial charge is 0.347 e. The first kappa shape index (κ1) is 16.1. The minimum Gasteiger partial charge on any atom is -0.347 e. The van der Waals surface area contributed by atoms with Gasteiger partial charge < -0.3 is 10.2 Å². The van der Waals surface area contributed by atoms with Gasteiger partial charge in [-0.15, -0.1) is 0 Å². The van der Waals surface area contributed by atoms with Crippen LogP contribution in [0.25, 0.3) is 0 Å². The molecule has 130 valence electrons. The second-order valence-corrected chi connectivity index (χ2v) is 8.73. The van der Waals surface area contributed by atoms with Crippen LogP contribution in [-0.2, 0) is 16.3 Å². The summed E-state index contributed by atoms with van der Waals surface area (Å²) in [6.07, 6.45) is 3.16. The van der Waals surface area contributed by atoms with Gasteiger partial charge in [-0.3, -0.25) is 4.79 Å². The molecule has 0 spiro atoms. The Morgan fingerprint density at radius 3 is 2.76 bits per heavy atom. The summed E-state index contributed by atoms with van der Waals surface area (Å²) in [5.41, 5.74) is 3.75. The van der Waals surface area contributed by atoms with Gasteiger partial charge in [0.1, 0.15) is 5.69 Å². The number of nitrogens with one attached hydrogen (secondary N) is 1. The van der Waals surface area contributed by atoms with E-state index in [0.29, 0.717) is 12.1 Å². The molecule has 0 radical (unpaired) electrons. The van der Waals surface area contributed by atoms with E-state index in [1.165, 1.54) is 11.3 Å². The molecule has 7 heteroatoms. The van der Waals surface area contributed by atoms with E-state index in [9.17, 15) is 13.2 Å². The molecule has 1 amide bonds. The van der Waals surface area contributed by atoms with Crippen LogP contribution in [0.1, 0.15) is 22.5 Å². The van der Waals surface area contributed by atoms with E-state index in [0.717, 1.165) is 18.7 Å². The number of para-hydroxylation sites is 1. The topological polar surface area (TPSA) is 79.4 Å². The molecule has 2 aliphatic heterocycles. The summed E-state index contributed by atoms with van der Waals surface area (Å²) in [6.45, 7) is 0.895. The van der Waals surface area contributed by atoms with Crippen molar-refractivity contribution in [2.45, 2.75) is 18.9 Å². The fraction of sp³-hybridized carbons (Fsp3) is 0.333. The smallest absolute Gasteiger partial charge is 0.270 e. The zero-order valence-electron chi connectivity index (χ0n) is 13.7. The minimum atomic E-state index is -3.01. The summed E-state index contributed by atoms with van der Waals surface area (Å²) in [4.78, 5) is 18.7. The molecule has 0 saturated carbocycles. The number of aromatic nitrogens is 1. The Morgan fingerprint density at radius 1 is 1.20 bits per heavy atom. The SMILES string of the molecule is O=C(NC1CCS(=O)(=O)C1)c1ccc(N2CCc3ccccc32)cn1. The quantitative estimate of drug-likeness (QED) is 0.904. The number of sulfone groups is 1. The maximum absolute atomic E-state index is 12.3. The Labute approximate surface area is 146 Å². The van der Waals surface area contributed by atoms with E-state index in [-0.39, 0.29) is 23.5 Å². The molecule has 4 rings (SSSR count). The van der Waals surface area contributed by atoms with Crippen LogP contribution in [-0.4, -0.2) is 43.4 Å². The molecule has 3 heterocycles. The van der Waals surface area contributed by atoms with Gasteiger partial charge in [-0.05, 0) is 36.6 Å². The summed E-state index contributed by atoms with van der Waals surface area (Å²) >= 11 is 0. The molecular formula is C18H19N3O3S. The predicted molar refractivity (Wildman–Crippen MR) is 95.9 cm³/mol. The number of amides is 1. The van der Waals surface area contributed by atoms with Crippen LogP contribution in [0.4, 0.5) is 11.4 Å². The highest BCUT2D eigenvalue weighted by Gasteiger charge is 2.29. The number of carbonyl (C=O) groups excluding carboxylic acids is 1. The fourth-order valence-corrected chi connectivity index (χ4v) is 5.13. The van der Waals surface area contributed by atoms with Crippen LogP contribution in [0.3, 0.4) is 0 Å². The molecule has 2 aliphatic rings. The first-order valence-corrected chi connectivity index (χ1v) is 10.2. The summed E-state index contributed by atoms with van der Waals surface area (Å²) in [7, 11) is -3.01. The Morgan fingerprint density at radius 2 is 2.04 bits per heavy atom. The van der Waals surface area contributed by atoms with E-state index >= 15 is 0 Å². The molecule has 0 aliphatic carbocycles. The lowest BCUT2D eigenvalue weighted by atomic mass is 10.2. The molecule has 1 atom stereocenters. The molecule has 1 unspecified atom stereocenters. The Bertz CT molecular complexity index is 909. The van der Waals surface area contributed by atoms with E-state index in [1.54, 1.807) is 12.3 Å². The van der Waals surface area contributed by atoms with E-state index in [2.05, 4.69) is 27.3 Å². The first-order valence-electron chi connectivity index (χ1n) is 8.35. The van der Waals surface area contributed by atoms with Gasteiger partial charge >= 0.3 is 0 Å². The van der Waals surface area contributed by atoms with Gasteiger partial charge in [0.25, 0.3) is 5.91 Å². The summed E-state index contributed by atoms with van der Waals surface area (Å²) in [5.74, 6) is -0.171. The number of hydrogen-bond donors (Lipinski definition) is 1. The molecule has 1 fully saturated rings. The summed E-state index contributed by atoms with van der Waals surface area (Å²) in [6, 6.07) is 11.5. The highest BCUT2D eigenvalue weighted by Crippen LogP contribution is 2.33. The highest BCUT2D eigenvalue weighted by atomic mass is 32.2. The minimum absolute atomic E-state index is 0.0153. The highest BCUT2D eigenvalue weighted by molar-refractivity contribution is 7.91. The van der Waals surface area contributed by atoms with Crippen molar-refractivity contribution >= 4 is 27.1 Å². The standard InChI is InChI=1S/C18H19N3O3S/c22-18(20-14-8-10-25(23,24)12-14)16-6-5-15(11-19-16)21-9-7-13-3-1-2-4-17(13)21/h1-6,11,14H,7-10,12H2,(H,20,22). The number of nitrogens with zero attached hydrogens (tertiary/aromatic N) is 2. The summed E-state index contributed by atoms with van der Waals surface area (Å²) in [5, 5.41) is 2.76. The molecule has 1 saturated heterocycles. The van der Waals surface area contributed by atoms with Crippen molar-refractivity contribution in [3.05, 3.63) is 53.9 Å². The van der Waals surface area contributed by atoms with Crippen molar-refractivity contribution in [3.63, 3.8) is 0 Å². The van der Waals surface area contributed by atoms with Crippen molar-refractivity contribution < 1.29 is 13.2 Å². The lowest BCUT2D eigenvalue weighted by Gasteiger charge is -2.19. The van der Waals surface area contributed by atoms with Gasteiger partial charge in [0.15, 0.2) is 9.84 Å². The van der Waals surface area contributed by atoms with Crippen molar-refractivity contribution in [3.8, 4) is 0 Å². The number of fused-ring (bicyclic) bond motifs is 1. The zero-order valence-corrected chi connectivity index (χ0v) is 14.5. The monoisotopic (exact) mass is 357 g/mol. The number of pyridine rings is 1. The number of anilines is 2. The molecule has 1 aromatic heterocycles. The Balaban J connectivity index is 1.47. The third-order valence-electron chi connectivity index (χ3n) is 4.75. The van der Waals surface area contributed by atoms with Crippen LogP contribution in [0, 0.1) is 0 Å². The van der Waals surface area contributed by atoms with Gasteiger partial charge in [-0.2, -0.15) is 0 Å². The predicted octanol–water partition coefficient (Wildman–Crippen LogP) is 1.69. The molecule has 1 aromatic carbocycles. The van der Waals surface area contributed by atoms with Gasteiger partial charge in [0.05, 0.1) is 23.4 Å². The van der Waals surface area contributed by atoms with E-state index in [1.807, 2.05) is 18.2 Å². The third kappa shape index (κ3) is 3.24. The average Bonchev–Trinajstić information content (AvgIpc) is 3.18. The van der Waals surface area contributed by atoms with Crippen LogP contribution in [0.5, 0.6) is 0 Å². The summed E-state index contributed by atoms with van der Waals surface area (Å²) < 4.78 is 23.0. The lowest BCUT2D eigenvalue weighted by molar-refractivity contribution is 0.0936. The van der Waals surface area contributed by atoms with Gasteiger partial charge in [-0.1, -0.05) is 18.2 Å². The maximum atomic E-state index is 12.3. The molecule has 25 heavy (non-hydrogen) atoms. The van der Waals surface area contributed by atoms with Crippen LogP contribution in [0.15, 0.2) is 42.6 Å². The van der Waals surface area contributed by atoms with E-state index < -0.39 is 9.84 Å². The Kier molecular flexibility index (Phi) is 3.95. The van der Waals surface area contributed by atoms with E-state index in [4.69, 9.17) is 0 Å². The van der Waals surface area contributed by atoms with Crippen molar-refractivity contribution in [2.24, 2.45) is 0 Å². The molecular weight excluding hydrogens is 338 g/mol. The van der Waals surface area contributed by atoms with Gasteiger partial charge in [0.2, 0.25) is 0 Å². The van der Waals surface area contributed by atoms with Gasteiger partial charge in [-0.25, -0.2) is 13.4 Å². The first-order chi connectivity index (χ1) is 12.0. The van der Waals surface area contributed by atoms with Crippen LogP contribution in [0.2, 0.25) is 0 Å². The molecule has 0 bridgehead atoms. The van der Waals surface area contributed by atoms with Gasteiger partial charge in [0, 0.05) is 18.3 Å². The fourth-order valence-electron chi connectivity index (χ4n) is 3.45. The lowest BCUT2D eigenvalue weighted by Crippen LogP contribution is -2.36. The van der Waals surface area contributed by atoms with Crippen molar-refractivity contribution in [1.82, 2.24) is 10.3 Å². The second-order valence-electron chi connectivity index (χ2n) is 6.51. The Hall–Kier alpha value is -2.41. The van der Waals surface area contributed by atoms with Crippen LogP contribution >= 0.6 is 0 Å². The number of carbonyl (C=O) groups is 1. The molecule has 6 nitrogen and oxygen atoms in total. The third-order valence-corrected chi connectivity index (χ3v) is 6.51. The van der Waals surface area contributed by atoms with Crippen molar-refractivity contribution in [1.29, 1.82) is 0 Å². The number of hydrogen-bond acceptors (Lipinski definition) is 5. The molecule has 2 aromatic rings. The number of benzene rings is 1. The second kappa shape index (κ2) is 6.15. The average molecular weight is 357 g/mol.